The molecule has 0 bridgehead atoms. The van der Waals surface area contributed by atoms with Crippen molar-refractivity contribution in [1.82, 2.24) is 10.6 Å². The van der Waals surface area contributed by atoms with E-state index in [2.05, 4.69) is 31.4 Å². The second-order valence-corrected chi connectivity index (χ2v) is 7.18. The van der Waals surface area contributed by atoms with Crippen LogP contribution in [0, 0.1) is 11.3 Å². The Labute approximate surface area is 111 Å². The summed E-state index contributed by atoms with van der Waals surface area (Å²) in [6, 6.07) is 0. The summed E-state index contributed by atoms with van der Waals surface area (Å²) >= 11 is 0. The summed E-state index contributed by atoms with van der Waals surface area (Å²) in [5.41, 5.74) is -0.282. The largest absolute Gasteiger partial charge is 0.348 e. The average Bonchev–Trinajstić information content (AvgIpc) is 2.08. The fourth-order valence-electron chi connectivity index (χ4n) is 2.11. The van der Waals surface area contributed by atoms with Gasteiger partial charge in [0, 0.05) is 12.1 Å². The van der Waals surface area contributed by atoms with Crippen LogP contribution in [-0.4, -0.2) is 23.9 Å². The van der Waals surface area contributed by atoms with E-state index in [4.69, 9.17) is 0 Å². The topological polar surface area (TPSA) is 58.2 Å². The normalized spacial score (nSPS) is 12.4. The standard InChI is InChI=1S/C14H28N2O2/c1-10(2)8-15-11(17)12(18)16-14(6,7)9-13(3,4)5/h10H,8-9H2,1-7H3,(H,15,17)(H,16,18). The number of amides is 2. The Hall–Kier alpha value is -1.06. The van der Waals surface area contributed by atoms with Crippen LogP contribution in [-0.2, 0) is 9.59 Å². The van der Waals surface area contributed by atoms with Crippen molar-refractivity contribution in [2.75, 3.05) is 6.54 Å². The predicted octanol–water partition coefficient (Wildman–Crippen LogP) is 2.09. The lowest BCUT2D eigenvalue weighted by molar-refractivity contribution is -0.140. The average molecular weight is 256 g/mol. The van der Waals surface area contributed by atoms with Gasteiger partial charge in [0.2, 0.25) is 0 Å². The van der Waals surface area contributed by atoms with Crippen molar-refractivity contribution in [3.8, 4) is 0 Å². The molecule has 0 heterocycles. The van der Waals surface area contributed by atoms with E-state index in [0.717, 1.165) is 6.42 Å². The Morgan fingerprint density at radius 2 is 1.50 bits per heavy atom. The summed E-state index contributed by atoms with van der Waals surface area (Å²) in [6.45, 7) is 14.7. The van der Waals surface area contributed by atoms with E-state index >= 15 is 0 Å². The van der Waals surface area contributed by atoms with Crippen LogP contribution in [0.3, 0.4) is 0 Å². The summed E-state index contributed by atoms with van der Waals surface area (Å²) in [7, 11) is 0. The van der Waals surface area contributed by atoms with Gasteiger partial charge in [0.05, 0.1) is 0 Å². The highest BCUT2D eigenvalue weighted by atomic mass is 16.2. The Bertz CT molecular complexity index is 301. The SMILES string of the molecule is CC(C)CNC(=O)C(=O)NC(C)(C)CC(C)(C)C. The molecule has 0 fully saturated rings. The molecule has 0 aliphatic heterocycles. The Balaban J connectivity index is 4.33. The Morgan fingerprint density at radius 3 is 1.89 bits per heavy atom. The maximum Gasteiger partial charge on any atom is 0.309 e. The van der Waals surface area contributed by atoms with Crippen molar-refractivity contribution >= 4 is 11.8 Å². The summed E-state index contributed by atoms with van der Waals surface area (Å²) in [5.74, 6) is -0.764. The van der Waals surface area contributed by atoms with Gasteiger partial charge in [-0.3, -0.25) is 9.59 Å². The molecule has 0 aliphatic carbocycles. The van der Waals surface area contributed by atoms with E-state index in [1.165, 1.54) is 0 Å². The lowest BCUT2D eigenvalue weighted by Crippen LogP contribution is -2.51. The summed E-state index contributed by atoms with van der Waals surface area (Å²) < 4.78 is 0. The van der Waals surface area contributed by atoms with Crippen LogP contribution in [0.1, 0.15) is 54.9 Å². The van der Waals surface area contributed by atoms with Crippen LogP contribution < -0.4 is 10.6 Å². The minimum atomic E-state index is -0.551. The minimum Gasteiger partial charge on any atom is -0.348 e. The van der Waals surface area contributed by atoms with Crippen LogP contribution in [0.2, 0.25) is 0 Å². The Kier molecular flexibility index (Phi) is 5.84. The molecule has 0 saturated carbocycles. The van der Waals surface area contributed by atoms with Gasteiger partial charge in [-0.15, -0.1) is 0 Å². The first-order valence-electron chi connectivity index (χ1n) is 6.53. The molecule has 0 aromatic heterocycles. The zero-order chi connectivity index (χ0) is 14.6. The molecular weight excluding hydrogens is 228 g/mol. The first-order valence-corrected chi connectivity index (χ1v) is 6.53. The number of nitrogens with one attached hydrogen (secondary N) is 2. The molecule has 0 aliphatic rings. The van der Waals surface area contributed by atoms with Crippen LogP contribution in [0.15, 0.2) is 0 Å². The van der Waals surface area contributed by atoms with Crippen molar-refractivity contribution in [2.24, 2.45) is 11.3 Å². The molecule has 0 rings (SSSR count). The van der Waals surface area contributed by atoms with Crippen molar-refractivity contribution in [2.45, 2.75) is 60.4 Å². The van der Waals surface area contributed by atoms with E-state index in [9.17, 15) is 9.59 Å². The van der Waals surface area contributed by atoms with Gasteiger partial charge in [-0.2, -0.15) is 0 Å². The molecule has 4 nitrogen and oxygen atoms in total. The third-order valence-electron chi connectivity index (χ3n) is 2.30. The highest BCUT2D eigenvalue weighted by Crippen LogP contribution is 2.26. The van der Waals surface area contributed by atoms with Gasteiger partial charge in [0.25, 0.3) is 0 Å². The molecule has 2 N–H and O–H groups in total. The van der Waals surface area contributed by atoms with Crippen LogP contribution >= 0.6 is 0 Å². The second kappa shape index (κ2) is 6.21. The molecule has 0 spiro atoms. The van der Waals surface area contributed by atoms with Crippen molar-refractivity contribution in [3.63, 3.8) is 0 Å². The monoisotopic (exact) mass is 256 g/mol. The smallest absolute Gasteiger partial charge is 0.309 e. The molecular formula is C14H28N2O2. The van der Waals surface area contributed by atoms with E-state index in [1.54, 1.807) is 0 Å². The molecule has 0 atom stereocenters. The van der Waals surface area contributed by atoms with Gasteiger partial charge in [0.1, 0.15) is 0 Å². The number of rotatable bonds is 4. The van der Waals surface area contributed by atoms with Gasteiger partial charge >= 0.3 is 11.8 Å². The van der Waals surface area contributed by atoms with Crippen LogP contribution in [0.25, 0.3) is 0 Å². The minimum absolute atomic E-state index is 0.102. The molecule has 2 amide bonds. The second-order valence-electron chi connectivity index (χ2n) is 7.18. The number of carbonyl (C=O) groups excluding carboxylic acids is 2. The molecule has 0 saturated heterocycles. The zero-order valence-electron chi connectivity index (χ0n) is 12.8. The van der Waals surface area contributed by atoms with E-state index < -0.39 is 11.8 Å². The number of hydrogen-bond donors (Lipinski definition) is 2. The molecule has 0 radical (unpaired) electrons. The van der Waals surface area contributed by atoms with E-state index in [0.29, 0.717) is 12.5 Å². The maximum atomic E-state index is 11.7. The molecule has 106 valence electrons. The highest BCUT2D eigenvalue weighted by Gasteiger charge is 2.29. The van der Waals surface area contributed by atoms with Gasteiger partial charge in [-0.25, -0.2) is 0 Å². The molecule has 18 heavy (non-hydrogen) atoms. The van der Waals surface area contributed by atoms with Crippen molar-refractivity contribution in [1.29, 1.82) is 0 Å². The molecule has 0 aromatic carbocycles. The van der Waals surface area contributed by atoms with Gasteiger partial charge in [-0.1, -0.05) is 34.6 Å². The van der Waals surface area contributed by atoms with E-state index in [1.807, 2.05) is 27.7 Å². The first kappa shape index (κ1) is 16.9. The lowest BCUT2D eigenvalue weighted by Gasteiger charge is -2.33. The predicted molar refractivity (Wildman–Crippen MR) is 74.1 cm³/mol. The third kappa shape index (κ3) is 8.09. The van der Waals surface area contributed by atoms with Crippen molar-refractivity contribution in [3.05, 3.63) is 0 Å². The number of hydrogen-bond acceptors (Lipinski definition) is 2. The van der Waals surface area contributed by atoms with Crippen LogP contribution in [0.5, 0.6) is 0 Å². The highest BCUT2D eigenvalue weighted by molar-refractivity contribution is 6.35. The molecule has 4 heteroatoms. The zero-order valence-corrected chi connectivity index (χ0v) is 12.8. The van der Waals surface area contributed by atoms with Crippen molar-refractivity contribution < 1.29 is 9.59 Å². The van der Waals surface area contributed by atoms with Crippen LogP contribution in [0.4, 0.5) is 0 Å². The number of carbonyl (C=O) groups is 2. The van der Waals surface area contributed by atoms with Gasteiger partial charge in [-0.05, 0) is 31.6 Å². The summed E-state index contributed by atoms with van der Waals surface area (Å²) in [4.78, 5) is 23.3. The third-order valence-corrected chi connectivity index (χ3v) is 2.30. The summed E-state index contributed by atoms with van der Waals surface area (Å²) in [6.07, 6.45) is 0.809. The fraction of sp³-hybridized carbons (Fsp3) is 0.857. The first-order chi connectivity index (χ1) is 7.93. The lowest BCUT2D eigenvalue weighted by atomic mass is 9.82. The van der Waals surface area contributed by atoms with Gasteiger partial charge in [0.15, 0.2) is 0 Å². The fourth-order valence-corrected chi connectivity index (χ4v) is 2.11. The molecule has 0 unspecified atom stereocenters. The maximum absolute atomic E-state index is 11.7. The Morgan fingerprint density at radius 1 is 1.00 bits per heavy atom. The quantitative estimate of drug-likeness (QED) is 0.757. The molecule has 0 aromatic rings. The van der Waals surface area contributed by atoms with E-state index in [-0.39, 0.29) is 11.0 Å². The van der Waals surface area contributed by atoms with Gasteiger partial charge < -0.3 is 10.6 Å². The summed E-state index contributed by atoms with van der Waals surface area (Å²) in [5, 5.41) is 5.40.